The predicted octanol–water partition coefficient (Wildman–Crippen LogP) is 2.55. The van der Waals surface area contributed by atoms with Crippen molar-refractivity contribution >= 4 is 0 Å². The van der Waals surface area contributed by atoms with Gasteiger partial charge in [-0.15, -0.1) is 0 Å². The molecular formula is C15H21N3O. The van der Waals surface area contributed by atoms with E-state index < -0.39 is 0 Å². The van der Waals surface area contributed by atoms with Gasteiger partial charge >= 0.3 is 0 Å². The van der Waals surface area contributed by atoms with Crippen molar-refractivity contribution in [3.8, 4) is 5.75 Å². The molecule has 1 N–H and O–H groups in total. The Balaban J connectivity index is 2.11. The second-order valence-electron chi connectivity index (χ2n) is 4.47. The van der Waals surface area contributed by atoms with Gasteiger partial charge in [0.2, 0.25) is 0 Å². The van der Waals surface area contributed by atoms with E-state index in [9.17, 15) is 0 Å². The first-order valence-electron chi connectivity index (χ1n) is 6.62. The Morgan fingerprint density at radius 1 is 1.32 bits per heavy atom. The summed E-state index contributed by atoms with van der Waals surface area (Å²) in [6.45, 7) is 5.58. The number of hydrogen-bond acceptors (Lipinski definition) is 3. The van der Waals surface area contributed by atoms with Crippen LogP contribution in [-0.2, 0) is 6.54 Å². The summed E-state index contributed by atoms with van der Waals surface area (Å²) in [6, 6.07) is 8.52. The van der Waals surface area contributed by atoms with E-state index >= 15 is 0 Å². The van der Waals surface area contributed by atoms with Crippen LogP contribution in [0.5, 0.6) is 5.75 Å². The summed E-state index contributed by atoms with van der Waals surface area (Å²) >= 11 is 0. The monoisotopic (exact) mass is 259 g/mol. The van der Waals surface area contributed by atoms with Gasteiger partial charge in [-0.3, -0.25) is 0 Å². The third-order valence-electron chi connectivity index (χ3n) is 3.24. The molecule has 0 saturated heterocycles. The number of aromatic nitrogens is 2. The fraction of sp³-hybridized carbons (Fsp3) is 0.400. The fourth-order valence-corrected chi connectivity index (χ4v) is 2.12. The van der Waals surface area contributed by atoms with Crippen molar-refractivity contribution in [2.75, 3.05) is 13.7 Å². The third-order valence-corrected chi connectivity index (χ3v) is 3.24. The van der Waals surface area contributed by atoms with Crippen LogP contribution in [0.4, 0.5) is 0 Å². The van der Waals surface area contributed by atoms with Crippen molar-refractivity contribution in [1.82, 2.24) is 14.9 Å². The fourth-order valence-electron chi connectivity index (χ4n) is 2.12. The smallest absolute Gasteiger partial charge is 0.119 e. The second kappa shape index (κ2) is 6.38. The number of benzene rings is 1. The molecule has 0 aliphatic heterocycles. The summed E-state index contributed by atoms with van der Waals surface area (Å²) < 4.78 is 7.61. The van der Waals surface area contributed by atoms with E-state index in [2.05, 4.69) is 27.0 Å². The molecule has 0 spiro atoms. The molecule has 2 aromatic rings. The summed E-state index contributed by atoms with van der Waals surface area (Å²) in [4.78, 5) is 4.25. The number of likely N-dealkylation sites (N-methyl/N-ethyl adjacent to an activating group) is 1. The lowest BCUT2D eigenvalue weighted by molar-refractivity contribution is 0.340. The second-order valence-corrected chi connectivity index (χ2v) is 4.47. The van der Waals surface area contributed by atoms with Crippen LogP contribution in [0, 0.1) is 6.92 Å². The van der Waals surface area contributed by atoms with E-state index in [1.807, 2.05) is 45.4 Å². The van der Waals surface area contributed by atoms with Crippen LogP contribution in [0.1, 0.15) is 24.4 Å². The molecule has 1 unspecified atom stereocenters. The van der Waals surface area contributed by atoms with Crippen molar-refractivity contribution in [1.29, 1.82) is 0 Å². The zero-order chi connectivity index (χ0) is 13.7. The van der Waals surface area contributed by atoms with Crippen LogP contribution >= 0.6 is 0 Å². The molecular weight excluding hydrogens is 238 g/mol. The van der Waals surface area contributed by atoms with E-state index in [4.69, 9.17) is 4.74 Å². The van der Waals surface area contributed by atoms with Gasteiger partial charge in [-0.1, -0.05) is 12.1 Å². The van der Waals surface area contributed by atoms with Crippen molar-refractivity contribution < 1.29 is 4.74 Å². The number of hydrogen-bond donors (Lipinski definition) is 1. The first-order chi connectivity index (χ1) is 9.24. The minimum Gasteiger partial charge on any atom is -0.494 e. The average Bonchev–Trinajstić information content (AvgIpc) is 2.83. The predicted molar refractivity (Wildman–Crippen MR) is 76.4 cm³/mol. The number of nitrogens with one attached hydrogen (secondary N) is 1. The van der Waals surface area contributed by atoms with Gasteiger partial charge in [0.15, 0.2) is 0 Å². The lowest BCUT2D eigenvalue weighted by atomic mass is 10.1. The molecule has 0 aliphatic rings. The highest BCUT2D eigenvalue weighted by atomic mass is 16.5. The summed E-state index contributed by atoms with van der Waals surface area (Å²) in [7, 11) is 1.98. The number of ether oxygens (including phenoxy) is 1. The van der Waals surface area contributed by atoms with Crippen LogP contribution < -0.4 is 10.1 Å². The number of nitrogens with zero attached hydrogens (tertiary/aromatic N) is 2. The first kappa shape index (κ1) is 13.6. The van der Waals surface area contributed by atoms with Gasteiger partial charge in [-0.05, 0) is 38.6 Å². The molecule has 0 radical (unpaired) electrons. The van der Waals surface area contributed by atoms with Crippen LogP contribution in [0.15, 0.2) is 36.7 Å². The minimum atomic E-state index is 0.267. The molecule has 0 fully saturated rings. The van der Waals surface area contributed by atoms with Crippen LogP contribution in [0.3, 0.4) is 0 Å². The standard InChI is InChI=1S/C15H21N3O/c1-4-19-14-7-5-13(6-8-14)15(16-3)11-18-10-9-17-12(18)2/h5-10,15-16H,4,11H2,1-3H3. The van der Waals surface area contributed by atoms with Gasteiger partial charge in [-0.2, -0.15) is 0 Å². The van der Waals surface area contributed by atoms with Crippen molar-refractivity contribution in [2.45, 2.75) is 26.4 Å². The minimum absolute atomic E-state index is 0.267. The summed E-state index contributed by atoms with van der Waals surface area (Å²) in [6.07, 6.45) is 3.84. The Labute approximate surface area is 114 Å². The topological polar surface area (TPSA) is 39.1 Å². The molecule has 2 rings (SSSR count). The van der Waals surface area contributed by atoms with Gasteiger partial charge in [0.25, 0.3) is 0 Å². The van der Waals surface area contributed by atoms with Gasteiger partial charge in [0, 0.05) is 25.0 Å². The Hall–Kier alpha value is -1.81. The molecule has 0 bridgehead atoms. The summed E-state index contributed by atoms with van der Waals surface area (Å²) in [5.74, 6) is 1.95. The van der Waals surface area contributed by atoms with Gasteiger partial charge < -0.3 is 14.6 Å². The molecule has 0 amide bonds. The van der Waals surface area contributed by atoms with E-state index in [-0.39, 0.29) is 6.04 Å². The molecule has 1 heterocycles. The molecule has 0 aliphatic carbocycles. The lowest BCUT2D eigenvalue weighted by Crippen LogP contribution is -2.22. The third kappa shape index (κ3) is 3.35. The van der Waals surface area contributed by atoms with Crippen molar-refractivity contribution in [2.24, 2.45) is 0 Å². The Bertz CT molecular complexity index is 504. The first-order valence-corrected chi connectivity index (χ1v) is 6.62. The van der Waals surface area contributed by atoms with E-state index in [1.165, 1.54) is 5.56 Å². The summed E-state index contributed by atoms with van der Waals surface area (Å²) in [5, 5.41) is 3.35. The maximum absolute atomic E-state index is 5.46. The zero-order valence-corrected chi connectivity index (χ0v) is 11.8. The Morgan fingerprint density at radius 2 is 2.05 bits per heavy atom. The van der Waals surface area contributed by atoms with E-state index in [0.717, 1.165) is 18.1 Å². The van der Waals surface area contributed by atoms with E-state index in [1.54, 1.807) is 0 Å². The Kier molecular flexibility index (Phi) is 4.58. The van der Waals surface area contributed by atoms with E-state index in [0.29, 0.717) is 6.61 Å². The maximum atomic E-state index is 5.46. The molecule has 102 valence electrons. The quantitative estimate of drug-likeness (QED) is 0.866. The highest BCUT2D eigenvalue weighted by molar-refractivity contribution is 5.29. The number of imidazole rings is 1. The van der Waals surface area contributed by atoms with Gasteiger partial charge in [0.05, 0.1) is 6.61 Å². The van der Waals surface area contributed by atoms with Crippen LogP contribution in [-0.4, -0.2) is 23.2 Å². The molecule has 4 nitrogen and oxygen atoms in total. The average molecular weight is 259 g/mol. The van der Waals surface area contributed by atoms with Crippen molar-refractivity contribution in [3.05, 3.63) is 48.0 Å². The highest BCUT2D eigenvalue weighted by Crippen LogP contribution is 2.19. The molecule has 1 aromatic heterocycles. The van der Waals surface area contributed by atoms with Gasteiger partial charge in [0.1, 0.15) is 11.6 Å². The van der Waals surface area contributed by atoms with Gasteiger partial charge in [-0.25, -0.2) is 4.98 Å². The number of rotatable bonds is 6. The Morgan fingerprint density at radius 3 is 2.58 bits per heavy atom. The van der Waals surface area contributed by atoms with Crippen molar-refractivity contribution in [3.63, 3.8) is 0 Å². The highest BCUT2D eigenvalue weighted by Gasteiger charge is 2.11. The van der Waals surface area contributed by atoms with Crippen LogP contribution in [0.2, 0.25) is 0 Å². The van der Waals surface area contributed by atoms with Crippen LogP contribution in [0.25, 0.3) is 0 Å². The maximum Gasteiger partial charge on any atom is 0.119 e. The molecule has 0 saturated carbocycles. The summed E-state index contributed by atoms with van der Waals surface area (Å²) in [5.41, 5.74) is 1.25. The molecule has 1 aromatic carbocycles. The SMILES string of the molecule is CCOc1ccc(C(Cn2ccnc2C)NC)cc1. The largest absolute Gasteiger partial charge is 0.494 e. The molecule has 19 heavy (non-hydrogen) atoms. The zero-order valence-electron chi connectivity index (χ0n) is 11.8. The molecule has 1 atom stereocenters. The normalized spacial score (nSPS) is 12.4. The molecule has 4 heteroatoms. The number of aryl methyl sites for hydroxylation is 1. The lowest BCUT2D eigenvalue weighted by Gasteiger charge is -2.18.